The number of benzene rings is 2. The minimum absolute atomic E-state index is 0.0561. The van der Waals surface area contributed by atoms with E-state index in [1.807, 2.05) is 30.3 Å². The Bertz CT molecular complexity index is 903. The number of rotatable bonds is 6. The van der Waals surface area contributed by atoms with Crippen LogP contribution in [0.15, 0.2) is 65.8 Å². The fraction of sp³-hybridized carbons (Fsp3) is 0.320. The molecule has 146 valence electrons. The molecule has 0 saturated heterocycles. The molecule has 3 nitrogen and oxygen atoms in total. The fourth-order valence-corrected chi connectivity index (χ4v) is 3.39. The molecule has 1 heterocycles. The van der Waals surface area contributed by atoms with Crippen LogP contribution in [0.2, 0.25) is 0 Å². The summed E-state index contributed by atoms with van der Waals surface area (Å²) < 4.78 is 6.02. The highest BCUT2D eigenvalue weighted by Crippen LogP contribution is 2.38. The smallest absolute Gasteiger partial charge is 0.170 e. The predicted molar refractivity (Wildman–Crippen MR) is 113 cm³/mol. The molecule has 1 aliphatic heterocycles. The Morgan fingerprint density at radius 3 is 2.61 bits per heavy atom. The van der Waals surface area contributed by atoms with Gasteiger partial charge in [0.15, 0.2) is 5.78 Å². The Labute approximate surface area is 167 Å². The third-order valence-electron chi connectivity index (χ3n) is 5.05. The molecule has 3 rings (SSSR count). The second-order valence-corrected chi connectivity index (χ2v) is 7.70. The average molecular weight is 376 g/mol. The van der Waals surface area contributed by atoms with Crippen LogP contribution in [0.5, 0.6) is 11.5 Å². The van der Waals surface area contributed by atoms with Gasteiger partial charge in [0.1, 0.15) is 17.6 Å². The molecule has 0 spiro atoms. The molecule has 0 saturated carbocycles. The van der Waals surface area contributed by atoms with Gasteiger partial charge in [0, 0.05) is 6.07 Å². The van der Waals surface area contributed by atoms with Gasteiger partial charge >= 0.3 is 0 Å². The zero-order valence-corrected chi connectivity index (χ0v) is 16.9. The van der Waals surface area contributed by atoms with E-state index < -0.39 is 0 Å². The standard InChI is InChI=1S/C25H28O3/c1-17(2)8-7-9-18(3)12-13-20-14-21-23(27)16-24(19-10-5-4-6-11-19)28-25(21)15-22(20)26/h4-6,8,10-12,14-15,24,26H,7,9,13,16H2,1-3H3/b18-12+. The van der Waals surface area contributed by atoms with Gasteiger partial charge in [-0.05, 0) is 57.2 Å². The largest absolute Gasteiger partial charge is 0.508 e. The van der Waals surface area contributed by atoms with E-state index in [2.05, 4.69) is 32.9 Å². The van der Waals surface area contributed by atoms with Gasteiger partial charge < -0.3 is 9.84 Å². The number of Topliss-reactive ketones (excluding diaryl/α,β-unsaturated/α-hetero) is 1. The van der Waals surface area contributed by atoms with Crippen LogP contribution in [0.25, 0.3) is 0 Å². The summed E-state index contributed by atoms with van der Waals surface area (Å²) in [4.78, 5) is 12.7. The molecule has 1 atom stereocenters. The Balaban J connectivity index is 1.75. The third-order valence-corrected chi connectivity index (χ3v) is 5.05. The van der Waals surface area contributed by atoms with Crippen molar-refractivity contribution in [2.75, 3.05) is 0 Å². The van der Waals surface area contributed by atoms with E-state index in [0.717, 1.165) is 24.0 Å². The Morgan fingerprint density at radius 2 is 1.89 bits per heavy atom. The molecule has 0 aliphatic carbocycles. The van der Waals surface area contributed by atoms with E-state index >= 15 is 0 Å². The van der Waals surface area contributed by atoms with Crippen LogP contribution in [0.3, 0.4) is 0 Å². The van der Waals surface area contributed by atoms with E-state index in [1.54, 1.807) is 12.1 Å². The number of phenols is 1. The summed E-state index contributed by atoms with van der Waals surface area (Å²) in [5, 5.41) is 10.4. The summed E-state index contributed by atoms with van der Waals surface area (Å²) in [7, 11) is 0. The highest BCUT2D eigenvalue weighted by Gasteiger charge is 2.28. The van der Waals surface area contributed by atoms with Crippen molar-refractivity contribution in [3.05, 3.63) is 82.5 Å². The summed E-state index contributed by atoms with van der Waals surface area (Å²) in [5.74, 6) is 0.699. The average Bonchev–Trinajstić information content (AvgIpc) is 2.67. The Hall–Kier alpha value is -2.81. The van der Waals surface area contributed by atoms with E-state index in [1.165, 1.54) is 11.1 Å². The van der Waals surface area contributed by atoms with Crippen LogP contribution >= 0.6 is 0 Å². The summed E-state index contributed by atoms with van der Waals surface area (Å²) in [6.07, 6.45) is 7.00. The van der Waals surface area contributed by atoms with Gasteiger partial charge in [-0.3, -0.25) is 4.79 Å². The maximum absolute atomic E-state index is 12.7. The molecule has 0 aromatic heterocycles. The lowest BCUT2D eigenvalue weighted by Crippen LogP contribution is -2.20. The van der Waals surface area contributed by atoms with Gasteiger partial charge in [0.05, 0.1) is 12.0 Å². The first-order valence-corrected chi connectivity index (χ1v) is 9.83. The van der Waals surface area contributed by atoms with Gasteiger partial charge in [-0.15, -0.1) is 0 Å². The molecule has 2 aromatic rings. The van der Waals surface area contributed by atoms with Crippen molar-refractivity contribution >= 4 is 5.78 Å². The minimum atomic E-state index is -0.302. The number of ether oxygens (including phenoxy) is 1. The predicted octanol–water partition coefficient (Wildman–Crippen LogP) is 6.33. The minimum Gasteiger partial charge on any atom is -0.508 e. The Kier molecular flexibility index (Phi) is 6.35. The molecule has 0 amide bonds. The van der Waals surface area contributed by atoms with Gasteiger partial charge in [0.25, 0.3) is 0 Å². The van der Waals surface area contributed by atoms with Crippen molar-refractivity contribution in [3.8, 4) is 11.5 Å². The quantitative estimate of drug-likeness (QED) is 0.599. The van der Waals surface area contributed by atoms with Gasteiger partial charge in [-0.1, -0.05) is 53.6 Å². The molecule has 2 aromatic carbocycles. The SMILES string of the molecule is CC(C)=CCC/C(C)=C/Cc1cc2c(cc1O)OC(c1ccccc1)CC2=O. The molecule has 3 heteroatoms. The molecule has 1 N–H and O–H groups in total. The zero-order chi connectivity index (χ0) is 20.1. The number of hydrogen-bond donors (Lipinski definition) is 1. The normalized spacial score (nSPS) is 16.3. The maximum Gasteiger partial charge on any atom is 0.170 e. The van der Waals surface area contributed by atoms with Crippen molar-refractivity contribution in [1.82, 2.24) is 0 Å². The van der Waals surface area contributed by atoms with Crippen LogP contribution < -0.4 is 4.74 Å². The summed E-state index contributed by atoms with van der Waals surface area (Å²) in [6, 6.07) is 13.1. The van der Waals surface area contributed by atoms with Crippen molar-refractivity contribution in [3.63, 3.8) is 0 Å². The van der Waals surface area contributed by atoms with Gasteiger partial charge in [-0.2, -0.15) is 0 Å². The number of carbonyl (C=O) groups excluding carboxylic acids is 1. The number of aromatic hydroxyl groups is 1. The zero-order valence-electron chi connectivity index (χ0n) is 16.9. The highest BCUT2D eigenvalue weighted by molar-refractivity contribution is 6.00. The number of hydrogen-bond acceptors (Lipinski definition) is 3. The number of allylic oxidation sites excluding steroid dienone is 4. The van der Waals surface area contributed by atoms with Crippen LogP contribution in [0, 0.1) is 0 Å². The second-order valence-electron chi connectivity index (χ2n) is 7.70. The molecular formula is C25H28O3. The molecule has 0 bridgehead atoms. The van der Waals surface area contributed by atoms with Crippen molar-refractivity contribution in [2.24, 2.45) is 0 Å². The van der Waals surface area contributed by atoms with E-state index in [9.17, 15) is 9.90 Å². The molecule has 1 unspecified atom stereocenters. The van der Waals surface area contributed by atoms with Crippen molar-refractivity contribution in [1.29, 1.82) is 0 Å². The fourth-order valence-electron chi connectivity index (χ4n) is 3.39. The second kappa shape index (κ2) is 8.92. The van der Waals surface area contributed by atoms with Crippen LogP contribution in [0.1, 0.15) is 67.6 Å². The Morgan fingerprint density at radius 1 is 1.14 bits per heavy atom. The van der Waals surface area contributed by atoms with Crippen molar-refractivity contribution in [2.45, 2.75) is 52.6 Å². The maximum atomic E-state index is 12.7. The molecule has 0 fully saturated rings. The number of phenolic OH excluding ortho intramolecular Hbond substituents is 1. The summed E-state index contributed by atoms with van der Waals surface area (Å²) >= 11 is 0. The van der Waals surface area contributed by atoms with Crippen LogP contribution in [0.4, 0.5) is 0 Å². The number of fused-ring (bicyclic) bond motifs is 1. The van der Waals surface area contributed by atoms with E-state index in [-0.39, 0.29) is 17.6 Å². The van der Waals surface area contributed by atoms with Crippen LogP contribution in [-0.2, 0) is 6.42 Å². The summed E-state index contributed by atoms with van der Waals surface area (Å²) in [6.45, 7) is 6.31. The number of carbonyl (C=O) groups is 1. The monoisotopic (exact) mass is 376 g/mol. The highest BCUT2D eigenvalue weighted by atomic mass is 16.5. The van der Waals surface area contributed by atoms with Gasteiger partial charge in [-0.25, -0.2) is 0 Å². The first-order chi connectivity index (χ1) is 13.4. The van der Waals surface area contributed by atoms with E-state index in [4.69, 9.17) is 4.74 Å². The molecule has 0 radical (unpaired) electrons. The topological polar surface area (TPSA) is 46.5 Å². The first kappa shape index (κ1) is 19.9. The summed E-state index contributed by atoms with van der Waals surface area (Å²) in [5.41, 5.74) is 4.90. The first-order valence-electron chi connectivity index (χ1n) is 9.83. The molecule has 1 aliphatic rings. The molecule has 28 heavy (non-hydrogen) atoms. The lowest BCUT2D eigenvalue weighted by molar-refractivity contribution is 0.0849. The van der Waals surface area contributed by atoms with Crippen LogP contribution in [-0.4, -0.2) is 10.9 Å². The number of ketones is 1. The van der Waals surface area contributed by atoms with Gasteiger partial charge in [0.2, 0.25) is 0 Å². The lowest BCUT2D eigenvalue weighted by atomic mass is 9.94. The lowest BCUT2D eigenvalue weighted by Gasteiger charge is -2.26. The van der Waals surface area contributed by atoms with E-state index in [0.29, 0.717) is 24.2 Å². The third kappa shape index (κ3) is 4.92. The molecular weight excluding hydrogens is 348 g/mol. The van der Waals surface area contributed by atoms with Crippen molar-refractivity contribution < 1.29 is 14.6 Å².